The van der Waals surface area contributed by atoms with Crippen LogP contribution in [0.25, 0.3) is 11.0 Å². The highest BCUT2D eigenvalue weighted by molar-refractivity contribution is 5.99. The van der Waals surface area contributed by atoms with Crippen molar-refractivity contribution in [3.8, 4) is 11.5 Å². The van der Waals surface area contributed by atoms with Crippen LogP contribution < -0.4 is 20.1 Å². The molecule has 2 aliphatic rings. The monoisotopic (exact) mass is 438 g/mol. The van der Waals surface area contributed by atoms with Gasteiger partial charge in [0.15, 0.2) is 11.5 Å². The van der Waals surface area contributed by atoms with Gasteiger partial charge in [0.1, 0.15) is 24.7 Å². The lowest BCUT2D eigenvalue weighted by atomic mass is 10.1. The first-order valence-electron chi connectivity index (χ1n) is 10.8. The first-order chi connectivity index (χ1) is 15.7. The lowest BCUT2D eigenvalue weighted by Gasteiger charge is -2.29. The van der Waals surface area contributed by atoms with Gasteiger partial charge < -0.3 is 34.7 Å². The van der Waals surface area contributed by atoms with Crippen LogP contribution in [0.4, 0.5) is 17.5 Å². The van der Waals surface area contributed by atoms with Crippen molar-refractivity contribution in [2.45, 2.75) is 13.8 Å². The van der Waals surface area contributed by atoms with Crippen LogP contribution in [-0.2, 0) is 4.74 Å². The van der Waals surface area contributed by atoms with E-state index in [9.17, 15) is 4.79 Å². The van der Waals surface area contributed by atoms with E-state index in [0.29, 0.717) is 68.2 Å². The Morgan fingerprint density at radius 2 is 1.91 bits per heavy atom. The Morgan fingerprint density at radius 1 is 1.12 bits per heavy atom. The summed E-state index contributed by atoms with van der Waals surface area (Å²) in [4.78, 5) is 27.3. The van der Waals surface area contributed by atoms with E-state index in [1.807, 2.05) is 26.1 Å². The third kappa shape index (κ3) is 3.66. The van der Waals surface area contributed by atoms with Gasteiger partial charge in [-0.1, -0.05) is 0 Å². The van der Waals surface area contributed by atoms with Gasteiger partial charge in [-0.3, -0.25) is 4.79 Å². The molecular weight excluding hydrogens is 412 g/mol. The number of aromatic amines is 1. The summed E-state index contributed by atoms with van der Waals surface area (Å²) < 4.78 is 17.2. The van der Waals surface area contributed by atoms with E-state index in [0.717, 1.165) is 29.0 Å². The van der Waals surface area contributed by atoms with Gasteiger partial charge in [-0.2, -0.15) is 9.97 Å². The Morgan fingerprint density at radius 3 is 2.69 bits per heavy atom. The number of H-pyrrole nitrogens is 1. The van der Waals surface area contributed by atoms with Crippen molar-refractivity contribution in [2.24, 2.45) is 0 Å². The van der Waals surface area contributed by atoms with Crippen LogP contribution in [0, 0.1) is 6.92 Å². The summed E-state index contributed by atoms with van der Waals surface area (Å²) in [5, 5.41) is 7.51. The number of fused-ring (bicyclic) bond motifs is 2. The van der Waals surface area contributed by atoms with Gasteiger partial charge in [-0.15, -0.1) is 0 Å². The molecule has 0 aliphatic carbocycles. The predicted molar refractivity (Wildman–Crippen MR) is 120 cm³/mol. The summed E-state index contributed by atoms with van der Waals surface area (Å²) in [7, 11) is 0. The number of nitrogens with one attached hydrogen (secondary N) is 3. The number of aryl methyl sites for hydroxylation is 1. The molecular formula is C22H26N6O4. The Hall–Kier alpha value is -3.53. The standard InChI is InChI=1S/C22H26N6O4/c1-3-23-19-16-13(2)12-24-20(16)27-22(26-19)25-15-5-4-14(17-18(15)32-11-10-31-17)21(29)28-6-8-30-9-7-28/h4-5,12H,3,6-11H2,1-2H3,(H3,23,24,25,26,27). The molecule has 0 bridgehead atoms. The molecule has 0 saturated carbocycles. The number of anilines is 3. The third-order valence-corrected chi connectivity index (χ3v) is 5.54. The Kier molecular flexibility index (Phi) is 5.44. The van der Waals surface area contributed by atoms with Gasteiger partial charge in [0.25, 0.3) is 5.91 Å². The number of morpholine rings is 1. The number of carbonyl (C=O) groups excluding carboxylic acids is 1. The van der Waals surface area contributed by atoms with Crippen molar-refractivity contribution in [1.82, 2.24) is 19.9 Å². The van der Waals surface area contributed by atoms with Crippen molar-refractivity contribution in [3.05, 3.63) is 29.5 Å². The van der Waals surface area contributed by atoms with E-state index in [1.54, 1.807) is 11.0 Å². The topological polar surface area (TPSA) is 114 Å². The maximum atomic E-state index is 13.1. The second-order valence-electron chi connectivity index (χ2n) is 7.67. The first-order valence-corrected chi connectivity index (χ1v) is 10.8. The van der Waals surface area contributed by atoms with Crippen LogP contribution in [0.5, 0.6) is 11.5 Å². The van der Waals surface area contributed by atoms with Crippen molar-refractivity contribution in [3.63, 3.8) is 0 Å². The van der Waals surface area contributed by atoms with Crippen LogP contribution in [0.1, 0.15) is 22.8 Å². The molecule has 0 spiro atoms. The Balaban J connectivity index is 1.50. The highest BCUT2D eigenvalue weighted by Crippen LogP contribution is 2.42. The molecule has 3 aromatic rings. The summed E-state index contributed by atoms with van der Waals surface area (Å²) in [5.41, 5.74) is 2.93. The van der Waals surface area contributed by atoms with Gasteiger partial charge in [0, 0.05) is 25.8 Å². The normalized spacial score (nSPS) is 15.6. The second kappa shape index (κ2) is 8.54. The molecule has 5 rings (SSSR count). The number of benzene rings is 1. The maximum Gasteiger partial charge on any atom is 0.257 e. The van der Waals surface area contributed by atoms with Gasteiger partial charge in [0.2, 0.25) is 5.95 Å². The van der Waals surface area contributed by atoms with Crippen LogP contribution in [0.3, 0.4) is 0 Å². The van der Waals surface area contributed by atoms with Crippen molar-refractivity contribution < 1.29 is 19.0 Å². The molecule has 168 valence electrons. The van der Waals surface area contributed by atoms with E-state index in [4.69, 9.17) is 14.2 Å². The SMILES string of the molecule is CCNc1nc(Nc2ccc(C(=O)N3CCOCC3)c3c2OCCO3)nc2[nH]cc(C)c12. The van der Waals surface area contributed by atoms with Crippen molar-refractivity contribution >= 4 is 34.4 Å². The van der Waals surface area contributed by atoms with Gasteiger partial charge in [-0.25, -0.2) is 0 Å². The average molecular weight is 438 g/mol. The zero-order valence-corrected chi connectivity index (χ0v) is 18.2. The molecule has 2 aromatic heterocycles. The van der Waals surface area contributed by atoms with E-state index in [-0.39, 0.29) is 5.91 Å². The van der Waals surface area contributed by atoms with Crippen molar-refractivity contribution in [2.75, 3.05) is 56.7 Å². The number of carbonyl (C=O) groups is 1. The highest BCUT2D eigenvalue weighted by atomic mass is 16.6. The number of nitrogens with zero attached hydrogens (tertiary/aromatic N) is 3. The minimum Gasteiger partial charge on any atom is -0.485 e. The number of rotatable bonds is 5. The minimum atomic E-state index is -0.0874. The molecule has 10 heteroatoms. The summed E-state index contributed by atoms with van der Waals surface area (Å²) >= 11 is 0. The third-order valence-electron chi connectivity index (χ3n) is 5.54. The zero-order chi connectivity index (χ0) is 22.1. The summed E-state index contributed by atoms with van der Waals surface area (Å²) in [5.74, 6) is 2.02. The molecule has 0 unspecified atom stereocenters. The molecule has 32 heavy (non-hydrogen) atoms. The minimum absolute atomic E-state index is 0.0874. The van der Waals surface area contributed by atoms with Crippen LogP contribution in [0.2, 0.25) is 0 Å². The smallest absolute Gasteiger partial charge is 0.257 e. The van der Waals surface area contributed by atoms with E-state index in [1.165, 1.54) is 0 Å². The molecule has 0 radical (unpaired) electrons. The Labute approximate surface area is 185 Å². The predicted octanol–water partition coefficient (Wildman–Crippen LogP) is 2.69. The van der Waals surface area contributed by atoms with Crippen LogP contribution in [0.15, 0.2) is 18.3 Å². The fourth-order valence-corrected chi connectivity index (χ4v) is 4.00. The quantitative estimate of drug-likeness (QED) is 0.557. The molecule has 1 amide bonds. The van der Waals surface area contributed by atoms with E-state index < -0.39 is 0 Å². The molecule has 1 aromatic carbocycles. The zero-order valence-electron chi connectivity index (χ0n) is 18.2. The van der Waals surface area contributed by atoms with E-state index >= 15 is 0 Å². The number of aromatic nitrogens is 3. The molecule has 2 aliphatic heterocycles. The van der Waals surface area contributed by atoms with Gasteiger partial charge >= 0.3 is 0 Å². The number of hydrogen-bond donors (Lipinski definition) is 3. The van der Waals surface area contributed by atoms with E-state index in [2.05, 4.69) is 25.6 Å². The number of ether oxygens (including phenoxy) is 3. The summed E-state index contributed by atoms with van der Waals surface area (Å²) in [6.07, 6.45) is 1.91. The lowest BCUT2D eigenvalue weighted by molar-refractivity contribution is 0.0298. The lowest BCUT2D eigenvalue weighted by Crippen LogP contribution is -2.41. The molecule has 3 N–H and O–H groups in total. The Bertz CT molecular complexity index is 1160. The molecule has 10 nitrogen and oxygen atoms in total. The van der Waals surface area contributed by atoms with Gasteiger partial charge in [0.05, 0.1) is 29.9 Å². The summed E-state index contributed by atoms with van der Waals surface area (Å²) in [6.45, 7) is 7.76. The molecule has 1 saturated heterocycles. The maximum absolute atomic E-state index is 13.1. The van der Waals surface area contributed by atoms with Crippen LogP contribution in [-0.4, -0.2) is 71.8 Å². The molecule has 4 heterocycles. The highest BCUT2D eigenvalue weighted by Gasteiger charge is 2.28. The summed E-state index contributed by atoms with van der Waals surface area (Å²) in [6, 6.07) is 3.57. The number of hydrogen-bond acceptors (Lipinski definition) is 8. The van der Waals surface area contributed by atoms with Gasteiger partial charge in [-0.05, 0) is 31.5 Å². The molecule has 1 fully saturated rings. The second-order valence-corrected chi connectivity index (χ2v) is 7.67. The largest absolute Gasteiger partial charge is 0.485 e. The fraction of sp³-hybridized carbons (Fsp3) is 0.409. The molecule has 0 atom stereocenters. The fourth-order valence-electron chi connectivity index (χ4n) is 4.00. The number of amides is 1. The van der Waals surface area contributed by atoms with Crippen molar-refractivity contribution in [1.29, 1.82) is 0 Å². The first kappa shape index (κ1) is 20.4. The average Bonchev–Trinajstić information content (AvgIpc) is 3.20. The van der Waals surface area contributed by atoms with Crippen LogP contribution >= 0.6 is 0 Å².